The predicted octanol–water partition coefficient (Wildman–Crippen LogP) is -0.352. The summed E-state index contributed by atoms with van der Waals surface area (Å²) in [5, 5.41) is 2.47. The highest BCUT2D eigenvalue weighted by atomic mass is 32.2. The van der Waals surface area contributed by atoms with Crippen molar-refractivity contribution >= 4 is 27.7 Å². The normalized spacial score (nSPS) is 17.5. The summed E-state index contributed by atoms with van der Waals surface area (Å²) in [5.74, 6) is -0.804. The van der Waals surface area contributed by atoms with E-state index in [1.807, 2.05) is 12.1 Å². The Bertz CT molecular complexity index is 883. The fourth-order valence-electron chi connectivity index (χ4n) is 3.32. The molecule has 2 aliphatic heterocycles. The van der Waals surface area contributed by atoms with E-state index >= 15 is 0 Å². The molecule has 0 atom stereocenters. The fraction of sp³-hybridized carbons (Fsp3) is 0.500. The van der Waals surface area contributed by atoms with Crippen LogP contribution in [0.4, 0.5) is 0 Å². The van der Waals surface area contributed by atoms with Gasteiger partial charge in [-0.05, 0) is 29.7 Å². The van der Waals surface area contributed by atoms with E-state index in [-0.39, 0.29) is 50.0 Å². The third kappa shape index (κ3) is 4.50. The van der Waals surface area contributed by atoms with Gasteiger partial charge in [0.05, 0.1) is 12.9 Å². The summed E-state index contributed by atoms with van der Waals surface area (Å²) in [6.07, 6.45) is 0.822. The molecule has 1 aromatic rings. The number of nitrogens with one attached hydrogen (secondary N) is 1. The van der Waals surface area contributed by atoms with Gasteiger partial charge in [-0.1, -0.05) is 6.07 Å². The smallest absolute Gasteiger partial charge is 0.240 e. The Morgan fingerprint density at radius 2 is 1.86 bits per heavy atom. The Morgan fingerprint density at radius 1 is 1.14 bits per heavy atom. The molecule has 1 aromatic carbocycles. The molecule has 152 valence electrons. The number of sulfonamides is 1. The molecule has 1 N–H and O–H groups in total. The molecular formula is C18H23N3O6S. The molecule has 0 unspecified atom stereocenters. The quantitative estimate of drug-likeness (QED) is 0.616. The summed E-state index contributed by atoms with van der Waals surface area (Å²) >= 11 is 0. The number of likely N-dealkylation sites (tertiary alicyclic amines) is 1. The Morgan fingerprint density at radius 3 is 2.54 bits per heavy atom. The third-order valence-corrected chi connectivity index (χ3v) is 6.74. The highest BCUT2D eigenvalue weighted by Gasteiger charge is 2.31. The number of amides is 3. The molecule has 0 aliphatic carbocycles. The van der Waals surface area contributed by atoms with Gasteiger partial charge in [-0.25, -0.2) is 8.42 Å². The second-order valence-corrected chi connectivity index (χ2v) is 8.85. The number of rotatable bonds is 7. The molecular weight excluding hydrogens is 386 g/mol. The summed E-state index contributed by atoms with van der Waals surface area (Å²) in [7, 11) is -1.96. The molecule has 0 aromatic heterocycles. The molecule has 0 radical (unpaired) electrons. The number of ether oxygens (including phenoxy) is 1. The van der Waals surface area contributed by atoms with Gasteiger partial charge in [0.15, 0.2) is 0 Å². The molecule has 3 amide bonds. The van der Waals surface area contributed by atoms with Crippen molar-refractivity contribution in [2.24, 2.45) is 0 Å². The van der Waals surface area contributed by atoms with Gasteiger partial charge in [-0.15, -0.1) is 0 Å². The zero-order valence-electron chi connectivity index (χ0n) is 15.6. The van der Waals surface area contributed by atoms with E-state index in [2.05, 4.69) is 5.32 Å². The number of imide groups is 1. The van der Waals surface area contributed by atoms with Crippen molar-refractivity contribution in [3.63, 3.8) is 0 Å². The van der Waals surface area contributed by atoms with E-state index in [0.29, 0.717) is 13.0 Å². The molecule has 0 spiro atoms. The highest BCUT2D eigenvalue weighted by Crippen LogP contribution is 2.25. The molecule has 0 bridgehead atoms. The molecule has 1 saturated heterocycles. The first-order valence-electron chi connectivity index (χ1n) is 9.03. The van der Waals surface area contributed by atoms with Crippen LogP contribution in [0.1, 0.15) is 24.0 Å². The first kappa shape index (κ1) is 20.3. The van der Waals surface area contributed by atoms with Gasteiger partial charge in [0, 0.05) is 32.5 Å². The van der Waals surface area contributed by atoms with Gasteiger partial charge in [-0.3, -0.25) is 19.3 Å². The zero-order valence-corrected chi connectivity index (χ0v) is 16.5. The summed E-state index contributed by atoms with van der Waals surface area (Å²) in [4.78, 5) is 35.8. The van der Waals surface area contributed by atoms with Crippen LogP contribution in [0.15, 0.2) is 18.2 Å². The minimum atomic E-state index is -3.55. The van der Waals surface area contributed by atoms with Crippen LogP contribution in [0.5, 0.6) is 5.75 Å². The van der Waals surface area contributed by atoms with Crippen LogP contribution < -0.4 is 10.1 Å². The lowest BCUT2D eigenvalue weighted by molar-refractivity contribution is -0.142. The molecule has 3 rings (SSSR count). The van der Waals surface area contributed by atoms with Crippen LogP contribution in [0, 0.1) is 0 Å². The second kappa shape index (κ2) is 8.27. The van der Waals surface area contributed by atoms with Gasteiger partial charge in [0.1, 0.15) is 12.3 Å². The van der Waals surface area contributed by atoms with E-state index < -0.39 is 15.9 Å². The first-order valence-corrected chi connectivity index (χ1v) is 10.6. The number of fused-ring (bicyclic) bond motifs is 1. The standard InChI is InChI=1S/C18H23N3O6S/c1-27-15-3-2-14-11-20(8-6-13(14)10-15)28(25,26)9-7-19-16(22)12-21-17(23)4-5-18(21)24/h2-3,10H,4-9,11-12H2,1H3,(H,19,22). The van der Waals surface area contributed by atoms with Crippen LogP contribution >= 0.6 is 0 Å². The SMILES string of the molecule is COc1ccc2c(c1)CCN(S(=O)(=O)CCNC(=O)CN1C(=O)CCC1=O)C2. The molecule has 0 saturated carbocycles. The maximum Gasteiger partial charge on any atom is 0.240 e. The van der Waals surface area contributed by atoms with Crippen LogP contribution in [0.25, 0.3) is 0 Å². The number of methoxy groups -OCH3 is 1. The summed E-state index contributed by atoms with van der Waals surface area (Å²) < 4.78 is 31.8. The van der Waals surface area contributed by atoms with Gasteiger partial charge in [-0.2, -0.15) is 4.31 Å². The Labute approximate surface area is 163 Å². The van der Waals surface area contributed by atoms with Crippen molar-refractivity contribution in [1.82, 2.24) is 14.5 Å². The largest absolute Gasteiger partial charge is 0.497 e. The van der Waals surface area contributed by atoms with Crippen LogP contribution in [0.3, 0.4) is 0 Å². The van der Waals surface area contributed by atoms with Crippen molar-refractivity contribution < 1.29 is 27.5 Å². The lowest BCUT2D eigenvalue weighted by Crippen LogP contribution is -2.43. The Kier molecular flexibility index (Phi) is 5.99. The van der Waals surface area contributed by atoms with Crippen molar-refractivity contribution in [3.8, 4) is 5.75 Å². The van der Waals surface area contributed by atoms with E-state index in [4.69, 9.17) is 4.74 Å². The molecule has 10 heteroatoms. The van der Waals surface area contributed by atoms with Gasteiger partial charge >= 0.3 is 0 Å². The number of benzene rings is 1. The lowest BCUT2D eigenvalue weighted by Gasteiger charge is -2.28. The maximum absolute atomic E-state index is 12.6. The van der Waals surface area contributed by atoms with Crippen LogP contribution in [-0.2, 0) is 37.4 Å². The topological polar surface area (TPSA) is 113 Å². The van der Waals surface area contributed by atoms with Crippen molar-refractivity contribution in [2.75, 3.05) is 32.5 Å². The van der Waals surface area contributed by atoms with E-state index in [1.165, 1.54) is 4.31 Å². The third-order valence-electron chi connectivity index (χ3n) is 4.92. The van der Waals surface area contributed by atoms with E-state index in [1.54, 1.807) is 13.2 Å². The van der Waals surface area contributed by atoms with Crippen molar-refractivity contribution in [1.29, 1.82) is 0 Å². The van der Waals surface area contributed by atoms with Gasteiger partial charge in [0.2, 0.25) is 27.7 Å². The number of hydrogen-bond donors (Lipinski definition) is 1. The fourth-order valence-corrected chi connectivity index (χ4v) is 4.64. The van der Waals surface area contributed by atoms with E-state index in [9.17, 15) is 22.8 Å². The molecule has 28 heavy (non-hydrogen) atoms. The highest BCUT2D eigenvalue weighted by molar-refractivity contribution is 7.89. The summed E-state index contributed by atoms with van der Waals surface area (Å²) in [6, 6.07) is 5.58. The zero-order chi connectivity index (χ0) is 20.3. The van der Waals surface area contributed by atoms with Crippen molar-refractivity contribution in [2.45, 2.75) is 25.8 Å². The Balaban J connectivity index is 1.50. The number of hydrogen-bond acceptors (Lipinski definition) is 6. The summed E-state index contributed by atoms with van der Waals surface area (Å²) in [6.45, 7) is 0.208. The molecule has 2 heterocycles. The van der Waals surface area contributed by atoms with Gasteiger partial charge < -0.3 is 10.1 Å². The monoisotopic (exact) mass is 409 g/mol. The number of nitrogens with zero attached hydrogens (tertiary/aromatic N) is 2. The number of carbonyl (C=O) groups excluding carboxylic acids is 3. The maximum atomic E-state index is 12.6. The predicted molar refractivity (Wildman–Crippen MR) is 99.9 cm³/mol. The minimum absolute atomic E-state index is 0.0800. The van der Waals surface area contributed by atoms with Gasteiger partial charge in [0.25, 0.3) is 0 Å². The number of carbonyl (C=O) groups is 3. The molecule has 2 aliphatic rings. The second-order valence-electron chi connectivity index (χ2n) is 6.76. The lowest BCUT2D eigenvalue weighted by atomic mass is 10.0. The molecule has 1 fully saturated rings. The average Bonchev–Trinajstić information content (AvgIpc) is 2.99. The van der Waals surface area contributed by atoms with Crippen molar-refractivity contribution in [3.05, 3.63) is 29.3 Å². The minimum Gasteiger partial charge on any atom is -0.497 e. The van der Waals surface area contributed by atoms with Crippen LogP contribution in [0.2, 0.25) is 0 Å². The Hall–Kier alpha value is -2.46. The molecule has 9 nitrogen and oxygen atoms in total. The first-order chi connectivity index (χ1) is 13.3. The summed E-state index contributed by atoms with van der Waals surface area (Å²) in [5.41, 5.74) is 2.00. The average molecular weight is 409 g/mol. The van der Waals surface area contributed by atoms with E-state index in [0.717, 1.165) is 21.8 Å². The van der Waals surface area contributed by atoms with Crippen LogP contribution in [-0.4, -0.2) is 67.8 Å².